The summed E-state index contributed by atoms with van der Waals surface area (Å²) in [7, 11) is 0. The van der Waals surface area contributed by atoms with Crippen molar-refractivity contribution in [3.8, 4) is 0 Å². The van der Waals surface area contributed by atoms with Gasteiger partial charge >= 0.3 is 0 Å². The molecule has 2 nitrogen and oxygen atoms in total. The lowest BCUT2D eigenvalue weighted by Gasteiger charge is -2.19. The number of hydrogen-bond donors (Lipinski definition) is 1. The van der Waals surface area contributed by atoms with Gasteiger partial charge in [0.2, 0.25) is 0 Å². The van der Waals surface area contributed by atoms with E-state index >= 15 is 0 Å². The SMILES string of the molecule is CCCN1CCCC(NCc2cccs2)CC1. The molecule has 2 rings (SSSR count). The Morgan fingerprint density at radius 3 is 3.12 bits per heavy atom. The highest BCUT2D eigenvalue weighted by molar-refractivity contribution is 7.09. The summed E-state index contributed by atoms with van der Waals surface area (Å²) < 4.78 is 0. The molecule has 1 aromatic heterocycles. The van der Waals surface area contributed by atoms with Crippen molar-refractivity contribution in [3.05, 3.63) is 22.4 Å². The van der Waals surface area contributed by atoms with Crippen molar-refractivity contribution in [2.45, 2.75) is 45.2 Å². The van der Waals surface area contributed by atoms with Crippen molar-refractivity contribution in [2.24, 2.45) is 0 Å². The molecule has 96 valence electrons. The lowest BCUT2D eigenvalue weighted by Crippen LogP contribution is -2.30. The number of likely N-dealkylation sites (tertiary alicyclic amines) is 1. The van der Waals surface area contributed by atoms with E-state index in [9.17, 15) is 0 Å². The second-order valence-corrected chi connectivity index (χ2v) is 5.96. The summed E-state index contributed by atoms with van der Waals surface area (Å²) in [5.41, 5.74) is 0. The molecule has 0 radical (unpaired) electrons. The molecule has 1 saturated heterocycles. The first-order valence-corrected chi connectivity index (χ1v) is 7.74. The highest BCUT2D eigenvalue weighted by Gasteiger charge is 2.15. The lowest BCUT2D eigenvalue weighted by atomic mass is 10.1. The normalized spacial score (nSPS) is 22.5. The molecule has 1 aliphatic rings. The topological polar surface area (TPSA) is 15.3 Å². The third-order valence-electron chi connectivity index (χ3n) is 3.51. The van der Waals surface area contributed by atoms with Crippen LogP contribution in [-0.2, 0) is 6.54 Å². The van der Waals surface area contributed by atoms with E-state index in [1.165, 1.54) is 50.2 Å². The summed E-state index contributed by atoms with van der Waals surface area (Å²) in [5.74, 6) is 0. The Morgan fingerprint density at radius 2 is 2.35 bits per heavy atom. The molecule has 17 heavy (non-hydrogen) atoms. The van der Waals surface area contributed by atoms with Gasteiger partial charge in [0, 0.05) is 17.5 Å². The van der Waals surface area contributed by atoms with Crippen LogP contribution in [-0.4, -0.2) is 30.6 Å². The van der Waals surface area contributed by atoms with Crippen LogP contribution in [0.25, 0.3) is 0 Å². The van der Waals surface area contributed by atoms with Crippen LogP contribution in [0.1, 0.15) is 37.5 Å². The second kappa shape index (κ2) is 7.14. The van der Waals surface area contributed by atoms with E-state index in [0.717, 1.165) is 12.6 Å². The van der Waals surface area contributed by atoms with Crippen molar-refractivity contribution in [1.82, 2.24) is 10.2 Å². The predicted molar refractivity (Wildman–Crippen MR) is 75.5 cm³/mol. The van der Waals surface area contributed by atoms with Crippen LogP contribution in [0.5, 0.6) is 0 Å². The van der Waals surface area contributed by atoms with Gasteiger partial charge in [0.1, 0.15) is 0 Å². The molecule has 3 heteroatoms. The molecule has 0 saturated carbocycles. The molecule has 2 heterocycles. The Morgan fingerprint density at radius 1 is 1.41 bits per heavy atom. The third kappa shape index (κ3) is 4.41. The van der Waals surface area contributed by atoms with E-state index in [-0.39, 0.29) is 0 Å². The fraction of sp³-hybridized carbons (Fsp3) is 0.714. The first-order chi connectivity index (χ1) is 8.38. The standard InChI is InChI=1S/C14H24N2S/c1-2-8-16-9-3-5-13(7-10-16)15-12-14-6-4-11-17-14/h4,6,11,13,15H,2-3,5,7-10,12H2,1H3. The Bertz CT molecular complexity index is 297. The Labute approximate surface area is 109 Å². The van der Waals surface area contributed by atoms with Gasteiger partial charge in [-0.3, -0.25) is 0 Å². The zero-order chi connectivity index (χ0) is 11.9. The van der Waals surface area contributed by atoms with Crippen LogP contribution in [0.4, 0.5) is 0 Å². The van der Waals surface area contributed by atoms with Crippen LogP contribution < -0.4 is 5.32 Å². The number of hydrogen-bond acceptors (Lipinski definition) is 3. The zero-order valence-electron chi connectivity index (χ0n) is 10.8. The van der Waals surface area contributed by atoms with Crippen molar-refractivity contribution < 1.29 is 0 Å². The quantitative estimate of drug-likeness (QED) is 0.866. The lowest BCUT2D eigenvalue weighted by molar-refractivity contribution is 0.282. The maximum atomic E-state index is 3.71. The molecule has 0 aliphatic carbocycles. The van der Waals surface area contributed by atoms with Crippen LogP contribution in [0.15, 0.2) is 17.5 Å². The number of nitrogens with one attached hydrogen (secondary N) is 1. The molecule has 1 atom stereocenters. The van der Waals surface area contributed by atoms with E-state index in [4.69, 9.17) is 0 Å². The summed E-state index contributed by atoms with van der Waals surface area (Å²) in [5, 5.41) is 5.87. The molecular weight excluding hydrogens is 228 g/mol. The van der Waals surface area contributed by atoms with Gasteiger partial charge in [-0.1, -0.05) is 13.0 Å². The van der Waals surface area contributed by atoms with E-state index < -0.39 is 0 Å². The molecule has 0 amide bonds. The first-order valence-electron chi connectivity index (χ1n) is 6.86. The highest BCUT2D eigenvalue weighted by Crippen LogP contribution is 2.13. The smallest absolute Gasteiger partial charge is 0.0302 e. The van der Waals surface area contributed by atoms with E-state index in [0.29, 0.717) is 0 Å². The fourth-order valence-electron chi connectivity index (χ4n) is 2.56. The van der Waals surface area contributed by atoms with Gasteiger partial charge in [0.15, 0.2) is 0 Å². The maximum absolute atomic E-state index is 3.71. The predicted octanol–water partition coefficient (Wildman–Crippen LogP) is 3.10. The molecule has 1 aromatic rings. The number of thiophene rings is 1. The zero-order valence-corrected chi connectivity index (χ0v) is 11.6. The Hall–Kier alpha value is -0.380. The first kappa shape index (κ1) is 13.1. The second-order valence-electron chi connectivity index (χ2n) is 4.93. The van der Waals surface area contributed by atoms with Gasteiger partial charge in [-0.05, 0) is 56.8 Å². The van der Waals surface area contributed by atoms with Crippen LogP contribution in [0.3, 0.4) is 0 Å². The Kier molecular flexibility index (Phi) is 5.49. The summed E-state index contributed by atoms with van der Waals surface area (Å²) in [6.07, 6.45) is 5.28. The monoisotopic (exact) mass is 252 g/mol. The van der Waals surface area contributed by atoms with Crippen LogP contribution in [0, 0.1) is 0 Å². The minimum absolute atomic E-state index is 0.721. The Balaban J connectivity index is 1.71. The van der Waals surface area contributed by atoms with Crippen molar-refractivity contribution >= 4 is 11.3 Å². The van der Waals surface area contributed by atoms with E-state index in [1.54, 1.807) is 0 Å². The molecule has 0 spiro atoms. The molecule has 1 unspecified atom stereocenters. The van der Waals surface area contributed by atoms with Gasteiger partial charge in [0.05, 0.1) is 0 Å². The van der Waals surface area contributed by atoms with Gasteiger partial charge in [-0.2, -0.15) is 0 Å². The molecular formula is C14H24N2S. The van der Waals surface area contributed by atoms with Crippen LogP contribution in [0.2, 0.25) is 0 Å². The molecule has 0 bridgehead atoms. The molecule has 1 fully saturated rings. The minimum atomic E-state index is 0.721. The fourth-order valence-corrected chi connectivity index (χ4v) is 3.21. The average molecular weight is 252 g/mol. The number of nitrogens with zero attached hydrogens (tertiary/aromatic N) is 1. The van der Waals surface area contributed by atoms with Gasteiger partial charge in [0.25, 0.3) is 0 Å². The summed E-state index contributed by atoms with van der Waals surface area (Å²) in [4.78, 5) is 4.08. The van der Waals surface area contributed by atoms with Crippen molar-refractivity contribution in [2.75, 3.05) is 19.6 Å². The molecule has 1 aliphatic heterocycles. The third-order valence-corrected chi connectivity index (χ3v) is 4.38. The number of rotatable bonds is 5. The summed E-state index contributed by atoms with van der Waals surface area (Å²) in [6, 6.07) is 5.08. The highest BCUT2D eigenvalue weighted by atomic mass is 32.1. The average Bonchev–Trinajstić information content (AvgIpc) is 2.75. The van der Waals surface area contributed by atoms with Gasteiger partial charge in [-0.15, -0.1) is 11.3 Å². The van der Waals surface area contributed by atoms with Gasteiger partial charge < -0.3 is 10.2 Å². The summed E-state index contributed by atoms with van der Waals surface area (Å²) in [6.45, 7) is 7.17. The largest absolute Gasteiger partial charge is 0.309 e. The summed E-state index contributed by atoms with van der Waals surface area (Å²) >= 11 is 1.85. The van der Waals surface area contributed by atoms with Gasteiger partial charge in [-0.25, -0.2) is 0 Å². The van der Waals surface area contributed by atoms with E-state index in [1.807, 2.05) is 11.3 Å². The van der Waals surface area contributed by atoms with Crippen molar-refractivity contribution in [3.63, 3.8) is 0 Å². The van der Waals surface area contributed by atoms with Crippen LogP contribution >= 0.6 is 11.3 Å². The maximum Gasteiger partial charge on any atom is 0.0302 e. The molecule has 1 N–H and O–H groups in total. The minimum Gasteiger partial charge on any atom is -0.309 e. The molecule has 0 aromatic carbocycles. The van der Waals surface area contributed by atoms with E-state index in [2.05, 4.69) is 34.7 Å². The van der Waals surface area contributed by atoms with Crippen molar-refractivity contribution in [1.29, 1.82) is 0 Å².